The molecule has 6 heteroatoms. The average Bonchev–Trinajstić information content (AvgIpc) is 3.20. The zero-order valence-electron chi connectivity index (χ0n) is 14.2. The van der Waals surface area contributed by atoms with Crippen LogP contribution in [0, 0.1) is 5.82 Å². The molecular formula is C20H18ClFN2O2. The fraction of sp³-hybridized carbons (Fsp3) is 0.250. The largest absolute Gasteiger partial charge is 0.476 e. The highest BCUT2D eigenvalue weighted by atomic mass is 35.5. The maximum absolute atomic E-state index is 14.3. The zero-order valence-corrected chi connectivity index (χ0v) is 15.0. The maximum Gasteiger partial charge on any atom is 0.355 e. The molecule has 0 radical (unpaired) electrons. The first-order valence-electron chi connectivity index (χ1n) is 8.58. The van der Waals surface area contributed by atoms with Gasteiger partial charge in [-0.2, -0.15) is 0 Å². The average molecular weight is 373 g/mol. The minimum Gasteiger partial charge on any atom is -0.476 e. The number of carbonyl (C=O) groups is 1. The van der Waals surface area contributed by atoms with Crippen LogP contribution in [-0.2, 0) is 0 Å². The minimum atomic E-state index is -1.06. The number of para-hydroxylation sites is 1. The maximum atomic E-state index is 14.3. The Morgan fingerprint density at radius 1 is 1.23 bits per heavy atom. The molecule has 3 aromatic rings. The Bertz CT molecular complexity index is 1000. The van der Waals surface area contributed by atoms with E-state index in [0.717, 1.165) is 19.4 Å². The van der Waals surface area contributed by atoms with Gasteiger partial charge in [0.05, 0.1) is 16.2 Å². The van der Waals surface area contributed by atoms with E-state index in [0.29, 0.717) is 22.3 Å². The second-order valence-corrected chi connectivity index (χ2v) is 6.99. The van der Waals surface area contributed by atoms with Gasteiger partial charge < -0.3 is 14.6 Å². The van der Waals surface area contributed by atoms with Crippen molar-refractivity contribution in [2.75, 3.05) is 11.4 Å². The van der Waals surface area contributed by atoms with Gasteiger partial charge in [-0.15, -0.1) is 0 Å². The van der Waals surface area contributed by atoms with Crippen LogP contribution in [-0.4, -0.2) is 28.2 Å². The normalized spacial score (nSPS) is 17.2. The van der Waals surface area contributed by atoms with Gasteiger partial charge >= 0.3 is 5.97 Å². The number of hydrogen-bond donors (Lipinski definition) is 1. The Labute approximate surface area is 155 Å². The smallest absolute Gasteiger partial charge is 0.355 e. The van der Waals surface area contributed by atoms with Crippen LogP contribution in [0.4, 0.5) is 10.1 Å². The Kier molecular flexibility index (Phi) is 4.11. The molecule has 1 saturated heterocycles. The number of carboxylic acid groups (broad SMARTS) is 1. The Morgan fingerprint density at radius 3 is 2.58 bits per heavy atom. The number of carboxylic acids is 1. The third-order valence-electron chi connectivity index (χ3n) is 5.06. The number of nitrogens with zero attached hydrogens (tertiary/aromatic N) is 2. The van der Waals surface area contributed by atoms with Gasteiger partial charge in [0.25, 0.3) is 0 Å². The molecule has 2 aromatic carbocycles. The summed E-state index contributed by atoms with van der Waals surface area (Å²) in [5.74, 6) is -1.61. The molecule has 0 bridgehead atoms. The Morgan fingerprint density at radius 2 is 1.96 bits per heavy atom. The molecular weight excluding hydrogens is 355 g/mol. The molecule has 1 fully saturated rings. The molecule has 134 valence electrons. The predicted octanol–water partition coefficient (Wildman–Crippen LogP) is 5.11. The second-order valence-electron chi connectivity index (χ2n) is 6.61. The van der Waals surface area contributed by atoms with Gasteiger partial charge in [0.15, 0.2) is 5.69 Å². The lowest BCUT2D eigenvalue weighted by Crippen LogP contribution is -2.28. The number of hydrogen-bond acceptors (Lipinski definition) is 2. The summed E-state index contributed by atoms with van der Waals surface area (Å²) in [6.45, 7) is 2.78. The standard InChI is InChI=1S/C20H18ClFN2O2/c1-12-6-5-11-23(12)18-16-15(10-9-14(22)17(16)21)24(19(18)20(25)26)13-7-3-2-4-8-13/h2-4,7-10,12H,5-6,11H2,1H3,(H,25,26). The van der Waals surface area contributed by atoms with E-state index in [1.54, 1.807) is 10.6 Å². The fourth-order valence-electron chi connectivity index (χ4n) is 3.88. The molecule has 0 amide bonds. The molecule has 1 atom stereocenters. The highest BCUT2D eigenvalue weighted by molar-refractivity contribution is 6.37. The summed E-state index contributed by atoms with van der Waals surface area (Å²) in [4.78, 5) is 14.3. The molecule has 1 aliphatic heterocycles. The highest BCUT2D eigenvalue weighted by Crippen LogP contribution is 2.43. The summed E-state index contributed by atoms with van der Waals surface area (Å²) in [7, 11) is 0. The van der Waals surface area contributed by atoms with Crippen molar-refractivity contribution in [2.24, 2.45) is 0 Å². The van der Waals surface area contributed by atoms with Gasteiger partial charge in [-0.3, -0.25) is 0 Å². The summed E-state index contributed by atoms with van der Waals surface area (Å²) in [6, 6.07) is 12.3. The van der Waals surface area contributed by atoms with Crippen LogP contribution in [0.15, 0.2) is 42.5 Å². The van der Waals surface area contributed by atoms with E-state index in [4.69, 9.17) is 11.6 Å². The third kappa shape index (κ3) is 2.46. The van der Waals surface area contributed by atoms with Crippen molar-refractivity contribution >= 4 is 34.2 Å². The Balaban J connectivity index is 2.16. The molecule has 0 spiro atoms. The summed E-state index contributed by atoms with van der Waals surface area (Å²) < 4.78 is 15.9. The van der Waals surface area contributed by atoms with Crippen molar-refractivity contribution in [1.29, 1.82) is 0 Å². The number of benzene rings is 2. The van der Waals surface area contributed by atoms with E-state index < -0.39 is 11.8 Å². The quantitative estimate of drug-likeness (QED) is 0.694. The molecule has 0 aliphatic carbocycles. The second kappa shape index (κ2) is 6.32. The first-order chi connectivity index (χ1) is 12.5. The summed E-state index contributed by atoms with van der Waals surface area (Å²) in [5.41, 5.74) is 1.92. The summed E-state index contributed by atoms with van der Waals surface area (Å²) >= 11 is 6.33. The van der Waals surface area contributed by atoms with Crippen LogP contribution in [0.2, 0.25) is 5.02 Å². The molecule has 26 heavy (non-hydrogen) atoms. The van der Waals surface area contributed by atoms with Crippen LogP contribution in [0.1, 0.15) is 30.3 Å². The number of rotatable bonds is 3. The van der Waals surface area contributed by atoms with Crippen molar-refractivity contribution in [2.45, 2.75) is 25.8 Å². The molecule has 1 aliphatic rings. The van der Waals surface area contributed by atoms with E-state index in [-0.39, 0.29) is 16.8 Å². The highest BCUT2D eigenvalue weighted by Gasteiger charge is 2.33. The molecule has 1 aromatic heterocycles. The third-order valence-corrected chi connectivity index (χ3v) is 5.43. The molecule has 0 saturated carbocycles. The summed E-state index contributed by atoms with van der Waals surface area (Å²) in [5, 5.41) is 10.5. The number of anilines is 1. The molecule has 4 nitrogen and oxygen atoms in total. The lowest BCUT2D eigenvalue weighted by atomic mass is 10.1. The van der Waals surface area contributed by atoms with Crippen LogP contribution in [0.25, 0.3) is 16.6 Å². The lowest BCUT2D eigenvalue weighted by Gasteiger charge is -2.24. The fourth-order valence-corrected chi connectivity index (χ4v) is 4.13. The van der Waals surface area contributed by atoms with Gasteiger partial charge in [-0.1, -0.05) is 29.8 Å². The number of fused-ring (bicyclic) bond motifs is 1. The molecule has 1 N–H and O–H groups in total. The molecule has 4 rings (SSSR count). The van der Waals surface area contributed by atoms with E-state index in [2.05, 4.69) is 6.92 Å². The minimum absolute atomic E-state index is 0.0335. The van der Waals surface area contributed by atoms with Crippen molar-refractivity contribution in [3.05, 3.63) is 59.0 Å². The molecule has 2 heterocycles. The zero-order chi connectivity index (χ0) is 18.4. The Hall–Kier alpha value is -2.53. The van der Waals surface area contributed by atoms with Gasteiger partial charge in [0.2, 0.25) is 0 Å². The van der Waals surface area contributed by atoms with Crippen LogP contribution in [0.5, 0.6) is 0 Å². The predicted molar refractivity (Wildman–Crippen MR) is 101 cm³/mol. The van der Waals surface area contributed by atoms with E-state index in [1.165, 1.54) is 6.07 Å². The van der Waals surface area contributed by atoms with E-state index in [9.17, 15) is 14.3 Å². The van der Waals surface area contributed by atoms with Gasteiger partial charge in [-0.25, -0.2) is 9.18 Å². The number of halogens is 2. The van der Waals surface area contributed by atoms with Crippen LogP contribution < -0.4 is 4.90 Å². The molecule has 1 unspecified atom stereocenters. The van der Waals surface area contributed by atoms with Crippen molar-refractivity contribution in [1.82, 2.24) is 4.57 Å². The first-order valence-corrected chi connectivity index (χ1v) is 8.96. The van der Waals surface area contributed by atoms with Gasteiger partial charge in [0, 0.05) is 23.7 Å². The van der Waals surface area contributed by atoms with Gasteiger partial charge in [-0.05, 0) is 44.0 Å². The van der Waals surface area contributed by atoms with Crippen LogP contribution >= 0.6 is 11.6 Å². The van der Waals surface area contributed by atoms with E-state index in [1.807, 2.05) is 35.2 Å². The lowest BCUT2D eigenvalue weighted by molar-refractivity contribution is 0.0689. The SMILES string of the molecule is CC1CCCN1c1c(C(=O)O)n(-c2ccccc2)c2ccc(F)c(Cl)c12. The first kappa shape index (κ1) is 16.9. The van der Waals surface area contributed by atoms with Crippen LogP contribution in [0.3, 0.4) is 0 Å². The topological polar surface area (TPSA) is 45.5 Å². The van der Waals surface area contributed by atoms with Crippen molar-refractivity contribution in [3.8, 4) is 5.69 Å². The number of aromatic nitrogens is 1. The van der Waals surface area contributed by atoms with Crippen molar-refractivity contribution < 1.29 is 14.3 Å². The van der Waals surface area contributed by atoms with Gasteiger partial charge in [0.1, 0.15) is 5.82 Å². The summed E-state index contributed by atoms with van der Waals surface area (Å²) in [6.07, 6.45) is 1.93. The monoisotopic (exact) mass is 372 g/mol. The number of aromatic carboxylic acids is 1. The van der Waals surface area contributed by atoms with E-state index >= 15 is 0 Å². The van der Waals surface area contributed by atoms with Crippen molar-refractivity contribution in [3.63, 3.8) is 0 Å².